The largest absolute Gasteiger partial charge is 0.331 e. The molecule has 1 aromatic carbocycles. The molecule has 84 valence electrons. The molecule has 1 aromatic heterocycles. The fraction of sp³-hybridized carbons (Fsp3) is 0.417. The van der Waals surface area contributed by atoms with Crippen molar-refractivity contribution in [2.75, 3.05) is 0 Å². The van der Waals surface area contributed by atoms with Crippen LogP contribution in [0.2, 0.25) is 5.02 Å². The Morgan fingerprint density at radius 2 is 2.25 bits per heavy atom. The summed E-state index contributed by atoms with van der Waals surface area (Å²) in [5, 5.41) is 0.772. The maximum atomic E-state index is 6.24. The standard InChI is InChI=1S/C12H13ClN2S/c1-12(5-6-12)7-15-10-8(13)3-2-4-9(10)14-11(15)16/h2-4H,5-7H2,1H3,(H,14,16). The van der Waals surface area contributed by atoms with E-state index in [4.69, 9.17) is 23.8 Å². The number of halogens is 1. The fourth-order valence-corrected chi connectivity index (χ4v) is 2.62. The third kappa shape index (κ3) is 1.59. The van der Waals surface area contributed by atoms with E-state index in [1.54, 1.807) is 0 Å². The first-order chi connectivity index (χ1) is 7.59. The van der Waals surface area contributed by atoms with Crippen molar-refractivity contribution in [1.29, 1.82) is 0 Å². The molecule has 1 aliphatic carbocycles. The molecule has 0 spiro atoms. The number of imidazole rings is 1. The van der Waals surface area contributed by atoms with Gasteiger partial charge in [0.2, 0.25) is 0 Å². The molecule has 3 rings (SSSR count). The van der Waals surface area contributed by atoms with Crippen LogP contribution in [0.15, 0.2) is 18.2 Å². The lowest BCUT2D eigenvalue weighted by Crippen LogP contribution is -2.07. The van der Waals surface area contributed by atoms with Gasteiger partial charge in [-0.1, -0.05) is 24.6 Å². The van der Waals surface area contributed by atoms with E-state index in [0.717, 1.165) is 27.4 Å². The number of rotatable bonds is 2. The normalized spacial score (nSPS) is 17.9. The van der Waals surface area contributed by atoms with Crippen molar-refractivity contribution >= 4 is 34.9 Å². The van der Waals surface area contributed by atoms with Crippen LogP contribution in [-0.2, 0) is 6.54 Å². The third-order valence-electron chi connectivity index (χ3n) is 3.39. The van der Waals surface area contributed by atoms with Crippen molar-refractivity contribution in [2.24, 2.45) is 5.41 Å². The number of para-hydroxylation sites is 1. The molecule has 0 atom stereocenters. The fourth-order valence-electron chi connectivity index (χ4n) is 2.08. The molecule has 0 saturated heterocycles. The Kier molecular flexibility index (Phi) is 2.17. The van der Waals surface area contributed by atoms with E-state index in [-0.39, 0.29) is 0 Å². The van der Waals surface area contributed by atoms with Crippen molar-refractivity contribution in [3.8, 4) is 0 Å². The van der Waals surface area contributed by atoms with E-state index in [1.165, 1.54) is 12.8 Å². The highest BCUT2D eigenvalue weighted by Crippen LogP contribution is 2.47. The summed E-state index contributed by atoms with van der Waals surface area (Å²) >= 11 is 11.6. The second kappa shape index (κ2) is 3.34. The monoisotopic (exact) mass is 252 g/mol. The van der Waals surface area contributed by atoms with Gasteiger partial charge in [0.25, 0.3) is 0 Å². The molecule has 1 fully saturated rings. The maximum absolute atomic E-state index is 6.24. The number of H-pyrrole nitrogens is 1. The second-order valence-electron chi connectivity index (χ2n) is 4.96. The summed E-state index contributed by atoms with van der Waals surface area (Å²) in [6, 6.07) is 5.88. The van der Waals surface area contributed by atoms with Gasteiger partial charge in [-0.05, 0) is 42.6 Å². The molecular weight excluding hydrogens is 240 g/mol. The van der Waals surface area contributed by atoms with Crippen LogP contribution in [0, 0.1) is 10.2 Å². The summed E-state index contributed by atoms with van der Waals surface area (Å²) in [5.74, 6) is 0. The molecule has 1 N–H and O–H groups in total. The summed E-state index contributed by atoms with van der Waals surface area (Å²) in [6.45, 7) is 3.26. The Balaban J connectivity index is 2.22. The SMILES string of the molecule is CC1(Cn2c(=S)[nH]c3cccc(Cl)c32)CC1. The summed E-state index contributed by atoms with van der Waals surface area (Å²) in [5.41, 5.74) is 2.50. The number of benzene rings is 1. The third-order valence-corrected chi connectivity index (χ3v) is 4.01. The molecule has 1 saturated carbocycles. The van der Waals surface area contributed by atoms with Crippen LogP contribution in [0.25, 0.3) is 11.0 Å². The average Bonchev–Trinajstić information content (AvgIpc) is 2.86. The molecule has 2 nitrogen and oxygen atoms in total. The highest BCUT2D eigenvalue weighted by atomic mass is 35.5. The smallest absolute Gasteiger partial charge is 0.178 e. The zero-order chi connectivity index (χ0) is 11.3. The van der Waals surface area contributed by atoms with Crippen LogP contribution in [0.5, 0.6) is 0 Å². The molecule has 0 amide bonds. The predicted molar refractivity (Wildman–Crippen MR) is 69.5 cm³/mol. The molecular formula is C12H13ClN2S. The number of hydrogen-bond acceptors (Lipinski definition) is 1. The van der Waals surface area contributed by atoms with Crippen LogP contribution in [0.1, 0.15) is 19.8 Å². The van der Waals surface area contributed by atoms with E-state index in [1.807, 2.05) is 18.2 Å². The van der Waals surface area contributed by atoms with Gasteiger partial charge in [0.15, 0.2) is 4.77 Å². The quantitative estimate of drug-likeness (QED) is 0.797. The average molecular weight is 253 g/mol. The first-order valence-corrected chi connectivity index (χ1v) is 6.25. The van der Waals surface area contributed by atoms with E-state index < -0.39 is 0 Å². The number of nitrogens with zero attached hydrogens (tertiary/aromatic N) is 1. The van der Waals surface area contributed by atoms with Crippen molar-refractivity contribution in [3.05, 3.63) is 28.0 Å². The summed E-state index contributed by atoms with van der Waals surface area (Å²) in [6.07, 6.45) is 2.57. The van der Waals surface area contributed by atoms with Crippen molar-refractivity contribution in [2.45, 2.75) is 26.3 Å². The van der Waals surface area contributed by atoms with Gasteiger partial charge in [0, 0.05) is 6.54 Å². The van der Waals surface area contributed by atoms with Crippen LogP contribution in [0.3, 0.4) is 0 Å². The van der Waals surface area contributed by atoms with Crippen LogP contribution in [-0.4, -0.2) is 9.55 Å². The van der Waals surface area contributed by atoms with Gasteiger partial charge in [-0.15, -0.1) is 0 Å². The first-order valence-electron chi connectivity index (χ1n) is 5.46. The number of hydrogen-bond donors (Lipinski definition) is 1. The van der Waals surface area contributed by atoms with Gasteiger partial charge in [0.1, 0.15) is 0 Å². The Labute approximate surface area is 104 Å². The topological polar surface area (TPSA) is 20.7 Å². The summed E-state index contributed by atoms with van der Waals surface area (Å²) < 4.78 is 2.91. The molecule has 1 aliphatic rings. The minimum absolute atomic E-state index is 0.423. The molecule has 2 aromatic rings. The molecule has 0 aliphatic heterocycles. The van der Waals surface area contributed by atoms with Crippen LogP contribution in [0.4, 0.5) is 0 Å². The lowest BCUT2D eigenvalue weighted by atomic mass is 10.1. The van der Waals surface area contributed by atoms with E-state index >= 15 is 0 Å². The zero-order valence-corrected chi connectivity index (χ0v) is 10.7. The van der Waals surface area contributed by atoms with Crippen molar-refractivity contribution in [1.82, 2.24) is 9.55 Å². The van der Waals surface area contributed by atoms with Gasteiger partial charge in [-0.25, -0.2) is 0 Å². The number of nitrogens with one attached hydrogen (secondary N) is 1. The Morgan fingerprint density at radius 1 is 1.50 bits per heavy atom. The number of aromatic nitrogens is 2. The van der Waals surface area contributed by atoms with Gasteiger partial charge >= 0.3 is 0 Å². The second-order valence-corrected chi connectivity index (χ2v) is 5.76. The minimum atomic E-state index is 0.423. The summed E-state index contributed by atoms with van der Waals surface area (Å²) in [7, 11) is 0. The summed E-state index contributed by atoms with van der Waals surface area (Å²) in [4.78, 5) is 3.21. The molecule has 1 heterocycles. The molecule has 16 heavy (non-hydrogen) atoms. The minimum Gasteiger partial charge on any atom is -0.331 e. The van der Waals surface area contributed by atoms with Crippen LogP contribution < -0.4 is 0 Å². The molecule has 0 radical (unpaired) electrons. The van der Waals surface area contributed by atoms with Gasteiger partial charge in [-0.3, -0.25) is 0 Å². The lowest BCUT2D eigenvalue weighted by Gasteiger charge is -2.10. The van der Waals surface area contributed by atoms with Gasteiger partial charge in [0.05, 0.1) is 16.1 Å². The highest BCUT2D eigenvalue weighted by Gasteiger charge is 2.38. The Hall–Kier alpha value is -0.800. The van der Waals surface area contributed by atoms with Gasteiger partial charge < -0.3 is 9.55 Å². The van der Waals surface area contributed by atoms with E-state index in [2.05, 4.69) is 16.5 Å². The van der Waals surface area contributed by atoms with E-state index in [9.17, 15) is 0 Å². The highest BCUT2D eigenvalue weighted by molar-refractivity contribution is 7.71. The zero-order valence-electron chi connectivity index (χ0n) is 9.09. The number of aromatic amines is 1. The Bertz CT molecular complexity index is 607. The lowest BCUT2D eigenvalue weighted by molar-refractivity contribution is 0.469. The van der Waals surface area contributed by atoms with Crippen LogP contribution >= 0.6 is 23.8 Å². The van der Waals surface area contributed by atoms with E-state index in [0.29, 0.717) is 5.41 Å². The molecule has 4 heteroatoms. The van der Waals surface area contributed by atoms with Crippen molar-refractivity contribution in [3.63, 3.8) is 0 Å². The maximum Gasteiger partial charge on any atom is 0.178 e. The Morgan fingerprint density at radius 3 is 2.94 bits per heavy atom. The van der Waals surface area contributed by atoms with Gasteiger partial charge in [-0.2, -0.15) is 0 Å². The van der Waals surface area contributed by atoms with Crippen molar-refractivity contribution < 1.29 is 0 Å². The molecule has 0 unspecified atom stereocenters. The predicted octanol–water partition coefficient (Wildman–Crippen LogP) is 4.15. The molecule has 0 bridgehead atoms. The first kappa shape index (κ1) is 10.4. The number of fused-ring (bicyclic) bond motifs is 1.